The predicted molar refractivity (Wildman–Crippen MR) is 159 cm³/mol. The first-order valence-electron chi connectivity index (χ1n) is 13.0. The number of nitrogens with zero attached hydrogens (tertiary/aromatic N) is 4. The number of benzene rings is 2. The van der Waals surface area contributed by atoms with E-state index in [1.165, 1.54) is 20.8 Å². The zero-order chi connectivity index (χ0) is 28.7. The van der Waals surface area contributed by atoms with Gasteiger partial charge in [0, 0.05) is 48.1 Å². The molecule has 0 unspecified atom stereocenters. The van der Waals surface area contributed by atoms with Crippen molar-refractivity contribution in [3.8, 4) is 11.1 Å². The van der Waals surface area contributed by atoms with Gasteiger partial charge in [0.25, 0.3) is 15.6 Å². The van der Waals surface area contributed by atoms with Crippen LogP contribution < -0.4 is 10.5 Å². The molecular weight excluding hydrogens is 611 g/mol. The van der Waals surface area contributed by atoms with Crippen molar-refractivity contribution in [2.75, 3.05) is 31.2 Å². The molecule has 210 valence electrons. The molecular formula is C30H26BrFN4O4S. The summed E-state index contributed by atoms with van der Waals surface area (Å²) in [5.74, 6) is -0.422. The third-order valence-electron chi connectivity index (χ3n) is 7.23. The second kappa shape index (κ2) is 10.9. The molecule has 0 N–H and O–H groups in total. The Morgan fingerprint density at radius 3 is 2.54 bits per heavy atom. The summed E-state index contributed by atoms with van der Waals surface area (Å²) in [4.78, 5) is 20.1. The van der Waals surface area contributed by atoms with Gasteiger partial charge in [-0.15, -0.1) is 0 Å². The van der Waals surface area contributed by atoms with Crippen LogP contribution in [0.4, 0.5) is 10.1 Å². The summed E-state index contributed by atoms with van der Waals surface area (Å²) in [6.07, 6.45) is 4.78. The highest BCUT2D eigenvalue weighted by Crippen LogP contribution is 2.34. The van der Waals surface area contributed by atoms with Crippen molar-refractivity contribution in [1.82, 2.24) is 13.5 Å². The Hall–Kier alpha value is -3.80. The smallest absolute Gasteiger partial charge is 0.269 e. The number of hydrogen-bond acceptors (Lipinski definition) is 6. The third kappa shape index (κ3) is 5.20. The molecule has 0 amide bonds. The molecule has 0 atom stereocenters. The molecule has 2 aromatic carbocycles. The fourth-order valence-electron chi connectivity index (χ4n) is 4.96. The van der Waals surface area contributed by atoms with E-state index in [4.69, 9.17) is 4.74 Å². The number of anilines is 1. The van der Waals surface area contributed by atoms with E-state index in [1.807, 2.05) is 13.0 Å². The van der Waals surface area contributed by atoms with Gasteiger partial charge in [0.2, 0.25) is 0 Å². The van der Waals surface area contributed by atoms with Crippen molar-refractivity contribution in [3.05, 3.63) is 111 Å². The van der Waals surface area contributed by atoms with Crippen LogP contribution >= 0.6 is 15.9 Å². The number of halogens is 2. The molecule has 1 aliphatic heterocycles. The Morgan fingerprint density at radius 1 is 1.05 bits per heavy atom. The zero-order valence-corrected chi connectivity index (χ0v) is 24.5. The van der Waals surface area contributed by atoms with Crippen LogP contribution in [0.2, 0.25) is 0 Å². The number of morpholine rings is 1. The largest absolute Gasteiger partial charge is 0.378 e. The molecule has 3 aromatic heterocycles. The maximum Gasteiger partial charge on any atom is 0.269 e. The van der Waals surface area contributed by atoms with Crippen LogP contribution in [0.5, 0.6) is 0 Å². The van der Waals surface area contributed by atoms with E-state index in [2.05, 4.69) is 25.8 Å². The first kappa shape index (κ1) is 27.4. The highest BCUT2D eigenvalue weighted by molar-refractivity contribution is 9.10. The molecule has 6 rings (SSSR count). The lowest BCUT2D eigenvalue weighted by molar-refractivity contribution is 0.122. The molecule has 8 nitrogen and oxygen atoms in total. The Labute approximate surface area is 244 Å². The van der Waals surface area contributed by atoms with Gasteiger partial charge in [-0.25, -0.2) is 21.8 Å². The second-order valence-electron chi connectivity index (χ2n) is 9.92. The quantitative estimate of drug-likeness (QED) is 0.255. The minimum absolute atomic E-state index is 0.0523. The number of aromatic nitrogens is 3. The Balaban J connectivity index is 1.48. The Bertz CT molecular complexity index is 1930. The predicted octanol–water partition coefficient (Wildman–Crippen LogP) is 5.20. The molecule has 0 radical (unpaired) electrons. The van der Waals surface area contributed by atoms with Crippen molar-refractivity contribution in [3.63, 3.8) is 0 Å². The molecule has 4 heterocycles. The first-order valence-corrected chi connectivity index (χ1v) is 15.3. The Kier molecular flexibility index (Phi) is 7.27. The summed E-state index contributed by atoms with van der Waals surface area (Å²) in [6, 6.07) is 16.7. The number of aryl methyl sites for hydroxylation is 1. The number of fused-ring (bicyclic) bond motifs is 1. The van der Waals surface area contributed by atoms with Crippen LogP contribution in [0, 0.1) is 12.7 Å². The zero-order valence-electron chi connectivity index (χ0n) is 22.1. The molecule has 0 aliphatic carbocycles. The lowest BCUT2D eigenvalue weighted by Gasteiger charge is -2.28. The monoisotopic (exact) mass is 636 g/mol. The number of pyridine rings is 2. The van der Waals surface area contributed by atoms with Gasteiger partial charge in [-0.3, -0.25) is 4.79 Å². The number of rotatable bonds is 6. The number of hydrogen-bond donors (Lipinski definition) is 0. The maximum absolute atomic E-state index is 14.6. The molecule has 5 aromatic rings. The molecule has 0 bridgehead atoms. The third-order valence-corrected chi connectivity index (χ3v) is 9.51. The highest BCUT2D eigenvalue weighted by atomic mass is 79.9. The summed E-state index contributed by atoms with van der Waals surface area (Å²) >= 11 is 3.19. The van der Waals surface area contributed by atoms with Crippen molar-refractivity contribution in [1.29, 1.82) is 0 Å². The number of ether oxygens (including phenoxy) is 1. The van der Waals surface area contributed by atoms with Gasteiger partial charge in [0.05, 0.1) is 41.0 Å². The van der Waals surface area contributed by atoms with Crippen molar-refractivity contribution >= 4 is 42.7 Å². The van der Waals surface area contributed by atoms with E-state index in [0.29, 0.717) is 52.9 Å². The molecule has 0 spiro atoms. The van der Waals surface area contributed by atoms with E-state index >= 15 is 0 Å². The average Bonchev–Trinajstić information content (AvgIpc) is 3.37. The van der Waals surface area contributed by atoms with Crippen LogP contribution in [0.25, 0.3) is 22.2 Å². The van der Waals surface area contributed by atoms with E-state index in [1.54, 1.807) is 60.9 Å². The average molecular weight is 638 g/mol. The van der Waals surface area contributed by atoms with E-state index < -0.39 is 15.8 Å². The lowest BCUT2D eigenvalue weighted by Crippen LogP contribution is -2.36. The molecule has 0 saturated carbocycles. The second-order valence-corrected chi connectivity index (χ2v) is 12.6. The standard InChI is InChI=1S/C30H26BrFN4O4S/c1-20-5-7-24(8-6-20)41(38,39)36-19-26(25-16-23(17-33-30(25)36)34-11-13-40-14-12-34)21-9-10-35(28(37)15-21)18-22-3-2-4-27(31)29(22)32/h2-10,15-17,19H,11-14,18H2,1H3. The van der Waals surface area contributed by atoms with E-state index in [0.717, 1.165) is 11.3 Å². The SMILES string of the molecule is Cc1ccc(S(=O)(=O)n2cc(-c3ccn(Cc4cccc(Br)c4F)c(=O)c3)c3cc(N4CCOCC4)cnc32)cc1. The van der Waals surface area contributed by atoms with Crippen molar-refractivity contribution in [2.45, 2.75) is 18.4 Å². The van der Waals surface area contributed by atoms with Crippen LogP contribution in [-0.2, 0) is 21.3 Å². The fraction of sp³-hybridized carbons (Fsp3) is 0.200. The molecule has 1 aliphatic rings. The molecule has 1 saturated heterocycles. The topological polar surface area (TPSA) is 86.4 Å². The van der Waals surface area contributed by atoms with Crippen LogP contribution in [0.1, 0.15) is 11.1 Å². The summed E-state index contributed by atoms with van der Waals surface area (Å²) in [7, 11) is -3.98. The Morgan fingerprint density at radius 2 is 1.80 bits per heavy atom. The van der Waals surface area contributed by atoms with E-state index in [-0.39, 0.29) is 22.6 Å². The lowest BCUT2D eigenvalue weighted by atomic mass is 10.1. The van der Waals surface area contributed by atoms with E-state index in [9.17, 15) is 17.6 Å². The van der Waals surface area contributed by atoms with Crippen LogP contribution in [-0.4, -0.2) is 48.2 Å². The van der Waals surface area contributed by atoms with Gasteiger partial charge >= 0.3 is 0 Å². The van der Waals surface area contributed by atoms with Gasteiger partial charge in [0.1, 0.15) is 5.82 Å². The molecule has 41 heavy (non-hydrogen) atoms. The van der Waals surface area contributed by atoms with Gasteiger partial charge < -0.3 is 14.2 Å². The van der Waals surface area contributed by atoms with Gasteiger partial charge in [-0.1, -0.05) is 29.8 Å². The van der Waals surface area contributed by atoms with Gasteiger partial charge in [0.15, 0.2) is 5.65 Å². The first-order chi connectivity index (χ1) is 19.7. The summed E-state index contributed by atoms with van der Waals surface area (Å²) in [5, 5.41) is 0.597. The van der Waals surface area contributed by atoms with Crippen LogP contribution in [0.15, 0.2) is 93.4 Å². The van der Waals surface area contributed by atoms with Crippen LogP contribution in [0.3, 0.4) is 0 Å². The minimum Gasteiger partial charge on any atom is -0.378 e. The summed E-state index contributed by atoms with van der Waals surface area (Å²) in [5.41, 5.74) is 3.15. The van der Waals surface area contributed by atoms with Crippen molar-refractivity contribution in [2.24, 2.45) is 0 Å². The maximum atomic E-state index is 14.6. The minimum atomic E-state index is -3.98. The molecule has 1 fully saturated rings. The highest BCUT2D eigenvalue weighted by Gasteiger charge is 2.24. The molecule has 11 heteroatoms. The summed E-state index contributed by atoms with van der Waals surface area (Å²) < 4.78 is 50.5. The van der Waals surface area contributed by atoms with Gasteiger partial charge in [-0.05, 0) is 58.7 Å². The summed E-state index contributed by atoms with van der Waals surface area (Å²) in [6.45, 7) is 4.49. The van der Waals surface area contributed by atoms with Crippen molar-refractivity contribution < 1.29 is 17.5 Å². The fourth-order valence-corrected chi connectivity index (χ4v) is 6.69. The normalized spacial score (nSPS) is 14.1. The van der Waals surface area contributed by atoms with Gasteiger partial charge in [-0.2, -0.15) is 0 Å².